The Labute approximate surface area is 142 Å². The summed E-state index contributed by atoms with van der Waals surface area (Å²) in [6.07, 6.45) is 11.6. The number of unbranched alkanes of at least 4 members (excludes halogenated alkanes) is 1. The summed E-state index contributed by atoms with van der Waals surface area (Å²) in [5.41, 5.74) is 6.06. The first-order valence-electron chi connectivity index (χ1n) is 9.83. The molecular formula is C19H37N3O. The lowest BCUT2D eigenvalue weighted by molar-refractivity contribution is -0.123. The molecule has 0 aromatic heterocycles. The van der Waals surface area contributed by atoms with Crippen LogP contribution in [0.4, 0.5) is 0 Å². The fourth-order valence-corrected chi connectivity index (χ4v) is 4.13. The number of carbonyl (C=O) groups excluding carboxylic acids is 1. The Balaban J connectivity index is 1.54. The van der Waals surface area contributed by atoms with Crippen molar-refractivity contribution in [2.45, 2.75) is 71.1 Å². The van der Waals surface area contributed by atoms with Gasteiger partial charge in [0.2, 0.25) is 5.91 Å². The van der Waals surface area contributed by atoms with Gasteiger partial charge >= 0.3 is 0 Å². The molecule has 2 fully saturated rings. The van der Waals surface area contributed by atoms with Gasteiger partial charge in [-0.05, 0) is 76.0 Å². The van der Waals surface area contributed by atoms with Gasteiger partial charge in [-0.3, -0.25) is 4.79 Å². The minimum absolute atomic E-state index is 0.0901. The summed E-state index contributed by atoms with van der Waals surface area (Å²) in [6, 6.07) is 0. The summed E-state index contributed by atoms with van der Waals surface area (Å²) < 4.78 is 0. The van der Waals surface area contributed by atoms with Crippen molar-refractivity contribution in [1.29, 1.82) is 0 Å². The van der Waals surface area contributed by atoms with Gasteiger partial charge in [-0.1, -0.05) is 26.2 Å². The molecule has 1 amide bonds. The van der Waals surface area contributed by atoms with Gasteiger partial charge in [0.15, 0.2) is 0 Å². The Hall–Kier alpha value is -0.610. The fourth-order valence-electron chi connectivity index (χ4n) is 4.13. The van der Waals surface area contributed by atoms with E-state index < -0.39 is 0 Å². The summed E-state index contributed by atoms with van der Waals surface area (Å²) >= 11 is 0. The quantitative estimate of drug-likeness (QED) is 0.675. The fraction of sp³-hybridized carbons (Fsp3) is 0.947. The average molecular weight is 324 g/mol. The molecule has 4 heteroatoms. The van der Waals surface area contributed by atoms with Crippen molar-refractivity contribution >= 4 is 5.91 Å². The van der Waals surface area contributed by atoms with Crippen molar-refractivity contribution < 1.29 is 4.79 Å². The molecule has 2 aliphatic rings. The SMILES string of the molecule is CC1CCN(CCCCNC(=O)CC2(CN)CCCCC2)CC1. The topological polar surface area (TPSA) is 58.4 Å². The van der Waals surface area contributed by atoms with Gasteiger partial charge in [0.1, 0.15) is 0 Å². The molecule has 3 N–H and O–H groups in total. The highest BCUT2D eigenvalue weighted by atomic mass is 16.1. The lowest BCUT2D eigenvalue weighted by atomic mass is 9.71. The molecule has 1 saturated carbocycles. The molecular weight excluding hydrogens is 286 g/mol. The van der Waals surface area contributed by atoms with E-state index in [0.29, 0.717) is 13.0 Å². The van der Waals surface area contributed by atoms with Crippen molar-refractivity contribution in [2.24, 2.45) is 17.1 Å². The third-order valence-electron chi connectivity index (χ3n) is 5.98. The van der Waals surface area contributed by atoms with Gasteiger partial charge in [-0.15, -0.1) is 0 Å². The third kappa shape index (κ3) is 6.42. The van der Waals surface area contributed by atoms with Crippen molar-refractivity contribution in [3.05, 3.63) is 0 Å². The standard InChI is InChI=1S/C19H37N3O/c1-17-7-13-22(14-8-17)12-6-5-11-21-18(23)15-19(16-20)9-3-2-4-10-19/h17H,2-16,20H2,1H3,(H,21,23). The molecule has 0 atom stereocenters. The Morgan fingerprint density at radius 3 is 2.52 bits per heavy atom. The predicted molar refractivity (Wildman–Crippen MR) is 96.3 cm³/mol. The number of likely N-dealkylation sites (tertiary alicyclic amines) is 1. The van der Waals surface area contributed by atoms with Gasteiger partial charge in [0.05, 0.1) is 0 Å². The molecule has 0 aromatic rings. The van der Waals surface area contributed by atoms with E-state index >= 15 is 0 Å². The molecule has 2 rings (SSSR count). The Bertz CT molecular complexity index is 345. The molecule has 1 saturated heterocycles. The van der Waals surface area contributed by atoms with E-state index in [1.807, 2.05) is 0 Å². The van der Waals surface area contributed by atoms with Gasteiger partial charge in [0, 0.05) is 13.0 Å². The lowest BCUT2D eigenvalue weighted by Gasteiger charge is -2.35. The second kappa shape index (κ2) is 9.63. The molecule has 134 valence electrons. The summed E-state index contributed by atoms with van der Waals surface area (Å²) in [7, 11) is 0. The number of amides is 1. The zero-order valence-corrected chi connectivity index (χ0v) is 15.1. The predicted octanol–water partition coefficient (Wildman–Crippen LogP) is 2.91. The Kier molecular flexibility index (Phi) is 7.84. The van der Waals surface area contributed by atoms with Crippen molar-refractivity contribution in [2.75, 3.05) is 32.7 Å². The second-order valence-electron chi connectivity index (χ2n) is 8.02. The maximum atomic E-state index is 12.2. The van der Waals surface area contributed by atoms with Gasteiger partial charge in [0.25, 0.3) is 0 Å². The number of hydrogen-bond acceptors (Lipinski definition) is 3. The molecule has 1 heterocycles. The van der Waals surface area contributed by atoms with E-state index in [2.05, 4.69) is 17.1 Å². The molecule has 1 aliphatic carbocycles. The molecule has 4 nitrogen and oxygen atoms in total. The molecule has 0 radical (unpaired) electrons. The van der Waals surface area contributed by atoms with Crippen LogP contribution in [0.2, 0.25) is 0 Å². The van der Waals surface area contributed by atoms with Gasteiger partial charge < -0.3 is 16.0 Å². The van der Waals surface area contributed by atoms with Gasteiger partial charge in [-0.25, -0.2) is 0 Å². The largest absolute Gasteiger partial charge is 0.356 e. The van der Waals surface area contributed by atoms with Crippen LogP contribution in [0.3, 0.4) is 0 Å². The number of nitrogens with zero attached hydrogens (tertiary/aromatic N) is 1. The van der Waals surface area contributed by atoms with Crippen LogP contribution in [0.15, 0.2) is 0 Å². The van der Waals surface area contributed by atoms with Crippen LogP contribution in [-0.2, 0) is 4.79 Å². The van der Waals surface area contributed by atoms with E-state index in [1.165, 1.54) is 58.2 Å². The molecule has 1 aliphatic heterocycles. The molecule has 23 heavy (non-hydrogen) atoms. The first-order chi connectivity index (χ1) is 11.1. The lowest BCUT2D eigenvalue weighted by Crippen LogP contribution is -2.39. The summed E-state index contributed by atoms with van der Waals surface area (Å²) in [4.78, 5) is 14.8. The molecule has 0 bridgehead atoms. The van der Waals surface area contributed by atoms with E-state index in [-0.39, 0.29) is 11.3 Å². The summed E-state index contributed by atoms with van der Waals surface area (Å²) in [6.45, 7) is 7.54. The minimum Gasteiger partial charge on any atom is -0.356 e. The maximum absolute atomic E-state index is 12.2. The van der Waals surface area contributed by atoms with Crippen LogP contribution in [0.25, 0.3) is 0 Å². The first-order valence-corrected chi connectivity index (χ1v) is 9.83. The van der Waals surface area contributed by atoms with Crippen LogP contribution in [-0.4, -0.2) is 43.5 Å². The zero-order chi connectivity index (χ0) is 16.5. The number of nitrogens with one attached hydrogen (secondary N) is 1. The number of nitrogens with two attached hydrogens (primary N) is 1. The average Bonchev–Trinajstić information content (AvgIpc) is 2.57. The van der Waals surface area contributed by atoms with Crippen molar-refractivity contribution in [3.63, 3.8) is 0 Å². The summed E-state index contributed by atoms with van der Waals surface area (Å²) in [5.74, 6) is 1.12. The summed E-state index contributed by atoms with van der Waals surface area (Å²) in [5, 5.41) is 3.12. The highest BCUT2D eigenvalue weighted by Gasteiger charge is 2.32. The van der Waals surface area contributed by atoms with Crippen LogP contribution >= 0.6 is 0 Å². The molecule has 0 unspecified atom stereocenters. The monoisotopic (exact) mass is 323 g/mol. The smallest absolute Gasteiger partial charge is 0.220 e. The van der Waals surface area contributed by atoms with Crippen molar-refractivity contribution in [3.8, 4) is 0 Å². The molecule has 0 spiro atoms. The number of piperidine rings is 1. The van der Waals surface area contributed by atoms with Crippen molar-refractivity contribution in [1.82, 2.24) is 10.2 Å². The van der Waals surface area contributed by atoms with E-state index in [4.69, 9.17) is 5.73 Å². The zero-order valence-electron chi connectivity index (χ0n) is 15.1. The minimum atomic E-state index is 0.0901. The van der Waals surface area contributed by atoms with E-state index in [1.54, 1.807) is 0 Å². The van der Waals surface area contributed by atoms with E-state index in [9.17, 15) is 4.79 Å². The number of carbonyl (C=O) groups is 1. The maximum Gasteiger partial charge on any atom is 0.220 e. The molecule has 0 aromatic carbocycles. The first kappa shape index (κ1) is 18.7. The third-order valence-corrected chi connectivity index (χ3v) is 5.98. The van der Waals surface area contributed by atoms with Crippen LogP contribution in [0.5, 0.6) is 0 Å². The Morgan fingerprint density at radius 2 is 1.87 bits per heavy atom. The van der Waals surface area contributed by atoms with E-state index in [0.717, 1.165) is 31.7 Å². The second-order valence-corrected chi connectivity index (χ2v) is 8.02. The van der Waals surface area contributed by atoms with Crippen LogP contribution in [0, 0.1) is 11.3 Å². The van der Waals surface area contributed by atoms with Crippen LogP contribution in [0.1, 0.15) is 71.1 Å². The highest BCUT2D eigenvalue weighted by molar-refractivity contribution is 5.76. The highest BCUT2D eigenvalue weighted by Crippen LogP contribution is 2.38. The Morgan fingerprint density at radius 1 is 1.17 bits per heavy atom. The number of hydrogen-bond donors (Lipinski definition) is 2. The van der Waals surface area contributed by atoms with Crippen LogP contribution < -0.4 is 11.1 Å². The number of rotatable bonds is 8. The normalized spacial score (nSPS) is 22.9. The van der Waals surface area contributed by atoms with Gasteiger partial charge in [-0.2, -0.15) is 0 Å².